The Kier molecular flexibility index (Phi) is 6.33. The lowest BCUT2D eigenvalue weighted by Gasteiger charge is -2.34. The Bertz CT molecular complexity index is 416. The van der Waals surface area contributed by atoms with Crippen LogP contribution in [0.3, 0.4) is 0 Å². The molecular formula is C16H27N5S. The summed E-state index contributed by atoms with van der Waals surface area (Å²) in [7, 11) is 0. The van der Waals surface area contributed by atoms with Gasteiger partial charge in [0.05, 0.1) is 0 Å². The second-order valence-electron chi connectivity index (χ2n) is 6.10. The van der Waals surface area contributed by atoms with Crippen molar-refractivity contribution < 1.29 is 0 Å². The van der Waals surface area contributed by atoms with Gasteiger partial charge in [0.15, 0.2) is 0 Å². The molecule has 2 saturated heterocycles. The summed E-state index contributed by atoms with van der Waals surface area (Å²) < 4.78 is 0. The highest BCUT2D eigenvalue weighted by molar-refractivity contribution is 7.99. The van der Waals surface area contributed by atoms with Gasteiger partial charge in [0.1, 0.15) is 0 Å². The average Bonchev–Trinajstić information content (AvgIpc) is 2.61. The van der Waals surface area contributed by atoms with Crippen molar-refractivity contribution in [1.82, 2.24) is 20.2 Å². The highest BCUT2D eigenvalue weighted by Gasteiger charge is 2.18. The van der Waals surface area contributed by atoms with Gasteiger partial charge in [0, 0.05) is 50.4 Å². The third-order valence-electron chi connectivity index (χ3n) is 4.45. The van der Waals surface area contributed by atoms with E-state index in [4.69, 9.17) is 0 Å². The normalized spacial score (nSPS) is 23.6. The zero-order valence-electron chi connectivity index (χ0n) is 13.3. The molecule has 0 amide bonds. The number of nitrogens with one attached hydrogen (secondary N) is 1. The molecule has 2 fully saturated rings. The first-order valence-electron chi connectivity index (χ1n) is 8.47. The standard InChI is InChI=1S/C16H27N5S/c1-4-15(14-22-13-1)17-7-3-8-20-9-11-21(12-10-20)16-18-5-2-6-19-16/h2,5-6,15,17H,1,3-4,7-14H2/t15-/m1/s1. The highest BCUT2D eigenvalue weighted by atomic mass is 32.2. The Hall–Kier alpha value is -0.850. The molecule has 3 heterocycles. The molecule has 6 heteroatoms. The van der Waals surface area contributed by atoms with Crippen molar-refractivity contribution in [2.75, 3.05) is 55.7 Å². The van der Waals surface area contributed by atoms with Crippen LogP contribution in [0.1, 0.15) is 19.3 Å². The van der Waals surface area contributed by atoms with Crippen molar-refractivity contribution >= 4 is 17.7 Å². The van der Waals surface area contributed by atoms with Crippen LogP contribution in [0.25, 0.3) is 0 Å². The first-order valence-corrected chi connectivity index (χ1v) is 9.63. The fraction of sp³-hybridized carbons (Fsp3) is 0.750. The summed E-state index contributed by atoms with van der Waals surface area (Å²) in [6, 6.07) is 2.63. The van der Waals surface area contributed by atoms with Crippen LogP contribution in [0.5, 0.6) is 0 Å². The maximum atomic E-state index is 4.34. The topological polar surface area (TPSA) is 44.3 Å². The van der Waals surface area contributed by atoms with Gasteiger partial charge in [-0.25, -0.2) is 9.97 Å². The van der Waals surface area contributed by atoms with E-state index in [1.807, 2.05) is 18.5 Å². The molecule has 3 rings (SSSR count). The van der Waals surface area contributed by atoms with Crippen LogP contribution in [-0.4, -0.2) is 71.7 Å². The number of piperazine rings is 1. The lowest BCUT2D eigenvalue weighted by molar-refractivity contribution is 0.251. The lowest BCUT2D eigenvalue weighted by atomic mass is 10.2. The predicted molar refractivity (Wildman–Crippen MR) is 93.7 cm³/mol. The Labute approximate surface area is 137 Å². The quantitative estimate of drug-likeness (QED) is 0.801. The third-order valence-corrected chi connectivity index (χ3v) is 5.67. The van der Waals surface area contributed by atoms with Crippen LogP contribution < -0.4 is 10.2 Å². The van der Waals surface area contributed by atoms with Crippen LogP contribution in [-0.2, 0) is 0 Å². The number of rotatable bonds is 6. The fourth-order valence-electron chi connectivity index (χ4n) is 3.14. The van der Waals surface area contributed by atoms with Gasteiger partial charge in [0.25, 0.3) is 0 Å². The van der Waals surface area contributed by atoms with Crippen molar-refractivity contribution in [2.24, 2.45) is 0 Å². The van der Waals surface area contributed by atoms with E-state index >= 15 is 0 Å². The van der Waals surface area contributed by atoms with E-state index in [-0.39, 0.29) is 0 Å². The molecule has 0 saturated carbocycles. The van der Waals surface area contributed by atoms with Crippen LogP contribution >= 0.6 is 11.8 Å². The maximum absolute atomic E-state index is 4.34. The van der Waals surface area contributed by atoms with E-state index in [1.165, 1.54) is 37.3 Å². The molecule has 2 aliphatic rings. The van der Waals surface area contributed by atoms with Gasteiger partial charge < -0.3 is 10.2 Å². The van der Waals surface area contributed by atoms with Crippen molar-refractivity contribution in [3.63, 3.8) is 0 Å². The minimum absolute atomic E-state index is 0.755. The Morgan fingerprint density at radius 1 is 1.18 bits per heavy atom. The van der Waals surface area contributed by atoms with E-state index in [0.29, 0.717) is 0 Å². The molecular weight excluding hydrogens is 294 g/mol. The molecule has 0 bridgehead atoms. The fourth-order valence-corrected chi connectivity index (χ4v) is 4.24. The van der Waals surface area contributed by atoms with E-state index in [9.17, 15) is 0 Å². The maximum Gasteiger partial charge on any atom is 0.225 e. The monoisotopic (exact) mass is 321 g/mol. The minimum Gasteiger partial charge on any atom is -0.338 e. The largest absolute Gasteiger partial charge is 0.338 e. The Morgan fingerprint density at radius 2 is 2.00 bits per heavy atom. The van der Waals surface area contributed by atoms with Crippen LogP contribution in [0, 0.1) is 0 Å². The first kappa shape index (κ1) is 16.0. The molecule has 0 unspecified atom stereocenters. The van der Waals surface area contributed by atoms with Crippen LogP contribution in [0.15, 0.2) is 18.5 Å². The second kappa shape index (κ2) is 8.70. The molecule has 0 aromatic carbocycles. The van der Waals surface area contributed by atoms with Gasteiger partial charge in [-0.05, 0) is 44.2 Å². The van der Waals surface area contributed by atoms with Crippen LogP contribution in [0.2, 0.25) is 0 Å². The van der Waals surface area contributed by atoms with E-state index in [2.05, 4.69) is 36.8 Å². The smallest absolute Gasteiger partial charge is 0.225 e. The van der Waals surface area contributed by atoms with Crippen molar-refractivity contribution in [1.29, 1.82) is 0 Å². The van der Waals surface area contributed by atoms with Crippen molar-refractivity contribution in [2.45, 2.75) is 25.3 Å². The predicted octanol–water partition coefficient (Wildman–Crippen LogP) is 1.47. The molecule has 5 nitrogen and oxygen atoms in total. The summed E-state index contributed by atoms with van der Waals surface area (Å²) >= 11 is 2.10. The molecule has 0 spiro atoms. The van der Waals surface area contributed by atoms with Crippen LogP contribution in [0.4, 0.5) is 5.95 Å². The summed E-state index contributed by atoms with van der Waals surface area (Å²) in [6.07, 6.45) is 7.64. The van der Waals surface area contributed by atoms with E-state index in [1.54, 1.807) is 0 Å². The zero-order valence-corrected chi connectivity index (χ0v) is 14.1. The van der Waals surface area contributed by atoms with E-state index < -0.39 is 0 Å². The molecule has 1 aromatic rings. The van der Waals surface area contributed by atoms with Gasteiger partial charge in [-0.2, -0.15) is 11.8 Å². The third kappa shape index (κ3) is 4.83. The van der Waals surface area contributed by atoms with Gasteiger partial charge in [-0.15, -0.1) is 0 Å². The first-order chi connectivity index (χ1) is 10.9. The molecule has 1 N–H and O–H groups in total. The SMILES string of the molecule is c1cnc(N2CCN(CCCN[C@@H]3CCCSC3)CC2)nc1. The number of thioether (sulfide) groups is 1. The number of nitrogens with zero attached hydrogens (tertiary/aromatic N) is 4. The Balaban J connectivity index is 1.29. The average molecular weight is 321 g/mol. The van der Waals surface area contributed by atoms with Crippen molar-refractivity contribution in [3.8, 4) is 0 Å². The zero-order chi connectivity index (χ0) is 15.0. The molecule has 2 aliphatic heterocycles. The molecule has 0 radical (unpaired) electrons. The minimum atomic E-state index is 0.755. The number of aromatic nitrogens is 2. The number of anilines is 1. The summed E-state index contributed by atoms with van der Waals surface area (Å²) in [6.45, 7) is 6.69. The van der Waals surface area contributed by atoms with Gasteiger partial charge >= 0.3 is 0 Å². The Morgan fingerprint density at radius 3 is 2.73 bits per heavy atom. The molecule has 22 heavy (non-hydrogen) atoms. The summed E-state index contributed by atoms with van der Waals surface area (Å²) in [5, 5.41) is 3.72. The second-order valence-corrected chi connectivity index (χ2v) is 7.25. The number of hydrogen-bond acceptors (Lipinski definition) is 6. The van der Waals surface area contributed by atoms with Crippen molar-refractivity contribution in [3.05, 3.63) is 18.5 Å². The summed E-state index contributed by atoms with van der Waals surface area (Å²) in [4.78, 5) is 13.5. The van der Waals surface area contributed by atoms with Gasteiger partial charge in [-0.1, -0.05) is 0 Å². The van der Waals surface area contributed by atoms with Gasteiger partial charge in [0.2, 0.25) is 5.95 Å². The molecule has 122 valence electrons. The number of hydrogen-bond donors (Lipinski definition) is 1. The highest BCUT2D eigenvalue weighted by Crippen LogP contribution is 2.16. The van der Waals surface area contributed by atoms with E-state index in [0.717, 1.165) is 44.7 Å². The molecule has 0 aliphatic carbocycles. The summed E-state index contributed by atoms with van der Waals surface area (Å²) in [5.74, 6) is 3.53. The summed E-state index contributed by atoms with van der Waals surface area (Å²) in [5.41, 5.74) is 0. The molecule has 1 aromatic heterocycles. The lowest BCUT2D eigenvalue weighted by Crippen LogP contribution is -2.47. The van der Waals surface area contributed by atoms with Gasteiger partial charge in [-0.3, -0.25) is 4.90 Å². The molecule has 1 atom stereocenters.